The van der Waals surface area contributed by atoms with Gasteiger partial charge in [0.2, 0.25) is 5.95 Å². The number of rotatable bonds is 4. The highest BCUT2D eigenvalue weighted by Crippen LogP contribution is 2.31. The van der Waals surface area contributed by atoms with Crippen LogP contribution >= 0.6 is 0 Å². The summed E-state index contributed by atoms with van der Waals surface area (Å²) in [6.45, 7) is 1.98. The fourth-order valence-corrected chi connectivity index (χ4v) is 3.18. The Labute approximate surface area is 146 Å². The number of methoxy groups -OCH3 is 1. The molecule has 4 rings (SSSR count). The van der Waals surface area contributed by atoms with E-state index in [1.54, 1.807) is 7.11 Å². The fourth-order valence-electron chi connectivity index (χ4n) is 3.18. The summed E-state index contributed by atoms with van der Waals surface area (Å²) in [7, 11) is 1.66. The number of aromatic nitrogens is 4. The predicted octanol–water partition coefficient (Wildman–Crippen LogP) is 3.81. The van der Waals surface area contributed by atoms with Gasteiger partial charge in [-0.25, -0.2) is 15.0 Å². The molecule has 0 saturated carbocycles. The third-order valence-electron chi connectivity index (χ3n) is 4.48. The van der Waals surface area contributed by atoms with Gasteiger partial charge in [-0.05, 0) is 50.3 Å². The molecule has 3 aromatic rings. The van der Waals surface area contributed by atoms with Crippen LogP contribution in [0.1, 0.15) is 29.8 Å². The minimum atomic E-state index is 0.629. The van der Waals surface area contributed by atoms with E-state index >= 15 is 0 Å². The smallest absolute Gasteiger partial charge is 0.227 e. The van der Waals surface area contributed by atoms with Crippen molar-refractivity contribution in [3.05, 3.63) is 47.5 Å². The second-order valence-corrected chi connectivity index (χ2v) is 6.33. The van der Waals surface area contributed by atoms with Crippen molar-refractivity contribution in [3.63, 3.8) is 0 Å². The Bertz CT molecular complexity index is 903. The van der Waals surface area contributed by atoms with Crippen LogP contribution < -0.4 is 10.1 Å². The van der Waals surface area contributed by atoms with Gasteiger partial charge in [0.1, 0.15) is 11.6 Å². The molecule has 0 radical (unpaired) electrons. The van der Waals surface area contributed by atoms with Crippen LogP contribution in [0.25, 0.3) is 11.4 Å². The number of nitrogens with zero attached hydrogens (tertiary/aromatic N) is 3. The number of hydrogen-bond acceptors (Lipinski definition) is 5. The first-order chi connectivity index (χ1) is 12.2. The zero-order chi connectivity index (χ0) is 17.2. The number of benzene rings is 1. The van der Waals surface area contributed by atoms with Crippen LogP contribution in [-0.2, 0) is 12.8 Å². The number of H-pyrrole nitrogens is 1. The highest BCUT2D eigenvalue weighted by atomic mass is 16.5. The largest absolute Gasteiger partial charge is 0.496 e. The van der Waals surface area contributed by atoms with Crippen molar-refractivity contribution in [1.29, 1.82) is 0 Å². The van der Waals surface area contributed by atoms with Crippen LogP contribution in [0.4, 0.5) is 11.6 Å². The minimum absolute atomic E-state index is 0.629. The molecule has 1 aliphatic carbocycles. The van der Waals surface area contributed by atoms with Crippen LogP contribution in [-0.4, -0.2) is 27.0 Å². The lowest BCUT2D eigenvalue weighted by Gasteiger charge is -2.15. The Morgan fingerprint density at radius 3 is 2.80 bits per heavy atom. The zero-order valence-corrected chi connectivity index (χ0v) is 14.5. The molecule has 128 valence electrons. The van der Waals surface area contributed by atoms with Gasteiger partial charge in [0, 0.05) is 35.5 Å². The zero-order valence-electron chi connectivity index (χ0n) is 14.5. The maximum atomic E-state index is 5.54. The van der Waals surface area contributed by atoms with Gasteiger partial charge in [0.15, 0.2) is 0 Å². The fraction of sp³-hybridized carbons (Fsp3) is 0.316. The number of ether oxygens (including phenoxy) is 1. The Balaban J connectivity index is 1.61. The second-order valence-electron chi connectivity index (χ2n) is 6.33. The molecule has 0 spiro atoms. The monoisotopic (exact) mass is 335 g/mol. The van der Waals surface area contributed by atoms with E-state index in [0.29, 0.717) is 5.95 Å². The topological polar surface area (TPSA) is 75.7 Å². The molecule has 1 aliphatic rings. The van der Waals surface area contributed by atoms with Crippen molar-refractivity contribution in [2.24, 2.45) is 0 Å². The summed E-state index contributed by atoms with van der Waals surface area (Å²) >= 11 is 0. The molecule has 2 N–H and O–H groups in total. The van der Waals surface area contributed by atoms with Gasteiger partial charge in [0.25, 0.3) is 0 Å². The molecule has 2 heterocycles. The maximum absolute atomic E-state index is 5.54. The molecule has 2 aromatic heterocycles. The standard InChI is InChI=1S/C19H21N5O/c1-12-10-20-18(22-12)15-8-7-14(9-17(15)25-2)23-19-21-11-13-5-3-4-6-16(13)24-19/h7-11H,3-6H2,1-2H3,(H,20,22)(H,21,23,24). The average Bonchev–Trinajstić information content (AvgIpc) is 3.07. The van der Waals surface area contributed by atoms with Crippen molar-refractivity contribution in [2.75, 3.05) is 12.4 Å². The molecule has 6 heteroatoms. The van der Waals surface area contributed by atoms with Gasteiger partial charge < -0.3 is 15.0 Å². The lowest BCUT2D eigenvalue weighted by molar-refractivity contribution is 0.416. The molecule has 0 bridgehead atoms. The third kappa shape index (κ3) is 3.20. The lowest BCUT2D eigenvalue weighted by atomic mass is 9.98. The predicted molar refractivity (Wildman–Crippen MR) is 97.3 cm³/mol. The number of hydrogen-bond donors (Lipinski definition) is 2. The molecular formula is C19H21N5O. The normalized spacial score (nSPS) is 13.4. The van der Waals surface area contributed by atoms with E-state index in [0.717, 1.165) is 41.4 Å². The van der Waals surface area contributed by atoms with Gasteiger partial charge in [-0.3, -0.25) is 0 Å². The summed E-state index contributed by atoms with van der Waals surface area (Å²) < 4.78 is 5.54. The maximum Gasteiger partial charge on any atom is 0.227 e. The minimum Gasteiger partial charge on any atom is -0.496 e. The number of imidazole rings is 1. The Hall–Kier alpha value is -2.89. The first kappa shape index (κ1) is 15.6. The van der Waals surface area contributed by atoms with E-state index in [1.165, 1.54) is 24.1 Å². The van der Waals surface area contributed by atoms with E-state index in [4.69, 9.17) is 4.74 Å². The van der Waals surface area contributed by atoms with E-state index in [1.807, 2.05) is 37.5 Å². The number of aryl methyl sites for hydroxylation is 3. The Kier molecular flexibility index (Phi) is 4.09. The third-order valence-corrected chi connectivity index (χ3v) is 4.48. The lowest BCUT2D eigenvalue weighted by Crippen LogP contribution is -2.08. The highest BCUT2D eigenvalue weighted by Gasteiger charge is 2.13. The Morgan fingerprint density at radius 2 is 2.00 bits per heavy atom. The molecule has 6 nitrogen and oxygen atoms in total. The van der Waals surface area contributed by atoms with Gasteiger partial charge in [-0.2, -0.15) is 0 Å². The molecule has 25 heavy (non-hydrogen) atoms. The summed E-state index contributed by atoms with van der Waals surface area (Å²) in [6.07, 6.45) is 8.30. The van der Waals surface area contributed by atoms with Crippen LogP contribution in [0.5, 0.6) is 5.75 Å². The molecule has 0 fully saturated rings. The number of fused-ring (bicyclic) bond motifs is 1. The van der Waals surface area contributed by atoms with Crippen LogP contribution in [0.3, 0.4) is 0 Å². The molecule has 0 amide bonds. The molecule has 1 aromatic carbocycles. The highest BCUT2D eigenvalue weighted by molar-refractivity contribution is 5.70. The molecular weight excluding hydrogens is 314 g/mol. The summed E-state index contributed by atoms with van der Waals surface area (Å²) in [6, 6.07) is 5.91. The first-order valence-corrected chi connectivity index (χ1v) is 8.55. The summed E-state index contributed by atoms with van der Waals surface area (Å²) in [5.41, 5.74) is 5.27. The van der Waals surface area contributed by atoms with Gasteiger partial charge >= 0.3 is 0 Å². The Morgan fingerprint density at radius 1 is 1.12 bits per heavy atom. The van der Waals surface area contributed by atoms with Crippen molar-refractivity contribution in [2.45, 2.75) is 32.6 Å². The molecule has 0 saturated heterocycles. The van der Waals surface area contributed by atoms with Crippen LogP contribution in [0.2, 0.25) is 0 Å². The SMILES string of the molecule is COc1cc(Nc2ncc3c(n2)CCCC3)ccc1-c1ncc(C)[nH]1. The summed E-state index contributed by atoms with van der Waals surface area (Å²) in [5, 5.41) is 3.28. The number of nitrogens with one attached hydrogen (secondary N) is 2. The van der Waals surface area contributed by atoms with E-state index in [9.17, 15) is 0 Å². The van der Waals surface area contributed by atoms with Crippen LogP contribution in [0, 0.1) is 6.92 Å². The quantitative estimate of drug-likeness (QED) is 0.758. The summed E-state index contributed by atoms with van der Waals surface area (Å²) in [4.78, 5) is 16.7. The van der Waals surface area contributed by atoms with E-state index in [2.05, 4.69) is 25.3 Å². The van der Waals surface area contributed by atoms with Crippen LogP contribution in [0.15, 0.2) is 30.6 Å². The average molecular weight is 335 g/mol. The van der Waals surface area contributed by atoms with Crippen molar-refractivity contribution < 1.29 is 4.74 Å². The van der Waals surface area contributed by atoms with E-state index < -0.39 is 0 Å². The van der Waals surface area contributed by atoms with Gasteiger partial charge in [-0.15, -0.1) is 0 Å². The van der Waals surface area contributed by atoms with Crippen molar-refractivity contribution in [1.82, 2.24) is 19.9 Å². The van der Waals surface area contributed by atoms with Gasteiger partial charge in [0.05, 0.1) is 12.7 Å². The van der Waals surface area contributed by atoms with Gasteiger partial charge in [-0.1, -0.05) is 0 Å². The molecule has 0 unspecified atom stereocenters. The van der Waals surface area contributed by atoms with Crippen molar-refractivity contribution in [3.8, 4) is 17.1 Å². The summed E-state index contributed by atoms with van der Waals surface area (Å²) in [5.74, 6) is 2.17. The number of anilines is 2. The number of aromatic amines is 1. The first-order valence-electron chi connectivity index (χ1n) is 8.55. The molecule has 0 atom stereocenters. The molecule has 0 aliphatic heterocycles. The van der Waals surface area contributed by atoms with Crippen molar-refractivity contribution >= 4 is 11.6 Å². The van der Waals surface area contributed by atoms with E-state index in [-0.39, 0.29) is 0 Å². The second kappa shape index (κ2) is 6.55.